The van der Waals surface area contributed by atoms with Crippen LogP contribution in [0.3, 0.4) is 0 Å². The molecule has 0 amide bonds. The molecule has 0 N–H and O–H groups in total. The van der Waals surface area contributed by atoms with Crippen molar-refractivity contribution in [2.45, 2.75) is 13.8 Å². The Kier molecular flexibility index (Phi) is 3.54. The summed E-state index contributed by atoms with van der Waals surface area (Å²) in [5.74, 6) is 0.671. The van der Waals surface area contributed by atoms with Crippen molar-refractivity contribution >= 4 is 15.9 Å². The van der Waals surface area contributed by atoms with Crippen molar-refractivity contribution in [1.82, 2.24) is 0 Å². The maximum Gasteiger partial charge on any atom is -0.0226 e. The summed E-state index contributed by atoms with van der Waals surface area (Å²) in [6, 6.07) is 0. The van der Waals surface area contributed by atoms with Crippen LogP contribution in [0.2, 0.25) is 0 Å². The number of allylic oxidation sites excluding steroid dienone is 1. The van der Waals surface area contributed by atoms with E-state index in [1.165, 1.54) is 0 Å². The lowest BCUT2D eigenvalue weighted by Gasteiger charge is -1.86. The first kappa shape index (κ1) is 6.22. The third-order valence-electron chi connectivity index (χ3n) is 0.458. The molecule has 0 heterocycles. The molecular formula is C5H9Br. The largest absolute Gasteiger partial charge is 0.0750 e. The molecule has 0 radical (unpaired) electrons. The average molecular weight is 149 g/mol. The summed E-state index contributed by atoms with van der Waals surface area (Å²) in [5, 5.41) is 0. The van der Waals surface area contributed by atoms with E-state index < -0.39 is 0 Å². The third-order valence-corrected chi connectivity index (χ3v) is 0.763. The summed E-state index contributed by atoms with van der Waals surface area (Å²) >= 11 is 3.17. The Morgan fingerprint density at radius 3 is 2.00 bits per heavy atom. The van der Waals surface area contributed by atoms with Crippen LogP contribution in [0.4, 0.5) is 0 Å². The summed E-state index contributed by atoms with van der Waals surface area (Å²) in [4.78, 5) is 1.89. The standard InChI is InChI=1S/C5H9Br/c1-5(2)3-4-6/h3-5H,1-2H3/b4-3+. The van der Waals surface area contributed by atoms with Gasteiger partial charge in [-0.05, 0) is 10.9 Å². The normalized spacial score (nSPS) is 11.3. The van der Waals surface area contributed by atoms with E-state index in [4.69, 9.17) is 0 Å². The van der Waals surface area contributed by atoms with Gasteiger partial charge in [0.05, 0.1) is 0 Å². The van der Waals surface area contributed by atoms with E-state index in [1.807, 2.05) is 4.99 Å². The van der Waals surface area contributed by atoms with Gasteiger partial charge in [-0.2, -0.15) is 0 Å². The highest BCUT2D eigenvalue weighted by molar-refractivity contribution is 9.11. The van der Waals surface area contributed by atoms with Crippen LogP contribution in [0.15, 0.2) is 11.1 Å². The summed E-state index contributed by atoms with van der Waals surface area (Å²) in [7, 11) is 0. The van der Waals surface area contributed by atoms with Gasteiger partial charge in [0, 0.05) is 0 Å². The number of hydrogen-bond acceptors (Lipinski definition) is 0. The maximum atomic E-state index is 3.17. The fourth-order valence-corrected chi connectivity index (χ4v) is 0.756. The molecule has 1 heteroatoms. The molecule has 0 aromatic heterocycles. The van der Waals surface area contributed by atoms with Gasteiger partial charge in [-0.3, -0.25) is 0 Å². The van der Waals surface area contributed by atoms with Crippen molar-refractivity contribution in [3.8, 4) is 0 Å². The van der Waals surface area contributed by atoms with E-state index in [-0.39, 0.29) is 0 Å². The lowest BCUT2D eigenvalue weighted by Crippen LogP contribution is -1.72. The van der Waals surface area contributed by atoms with Crippen LogP contribution in [0.5, 0.6) is 0 Å². The zero-order chi connectivity index (χ0) is 4.99. The van der Waals surface area contributed by atoms with Crippen molar-refractivity contribution in [3.63, 3.8) is 0 Å². The molecule has 0 rings (SSSR count). The molecule has 0 saturated carbocycles. The number of hydrogen-bond donors (Lipinski definition) is 0. The molecule has 6 heavy (non-hydrogen) atoms. The molecule has 0 atom stereocenters. The molecule has 0 fully saturated rings. The highest BCUT2D eigenvalue weighted by Gasteiger charge is 1.77. The quantitative estimate of drug-likeness (QED) is 0.537. The summed E-state index contributed by atoms with van der Waals surface area (Å²) in [5.41, 5.74) is 0. The Morgan fingerprint density at radius 1 is 1.50 bits per heavy atom. The summed E-state index contributed by atoms with van der Waals surface area (Å²) in [6.45, 7) is 4.27. The fourth-order valence-electron chi connectivity index (χ4n) is 0.145. The molecule has 0 aromatic carbocycles. The molecule has 0 unspecified atom stereocenters. The number of halogens is 1. The highest BCUT2D eigenvalue weighted by Crippen LogP contribution is 1.94. The van der Waals surface area contributed by atoms with Crippen LogP contribution in [0.1, 0.15) is 13.8 Å². The Hall–Kier alpha value is 0.220. The van der Waals surface area contributed by atoms with Gasteiger partial charge in [-0.1, -0.05) is 35.9 Å². The van der Waals surface area contributed by atoms with E-state index in [1.54, 1.807) is 0 Å². The van der Waals surface area contributed by atoms with Crippen molar-refractivity contribution in [2.24, 2.45) is 5.92 Å². The topological polar surface area (TPSA) is 0 Å². The van der Waals surface area contributed by atoms with Gasteiger partial charge in [0.2, 0.25) is 0 Å². The van der Waals surface area contributed by atoms with Gasteiger partial charge >= 0.3 is 0 Å². The second-order valence-corrected chi connectivity index (χ2v) is 2.09. The van der Waals surface area contributed by atoms with Crippen molar-refractivity contribution in [1.29, 1.82) is 0 Å². The molecule has 0 saturated heterocycles. The Bertz CT molecular complexity index is 45.9. The van der Waals surface area contributed by atoms with Crippen LogP contribution in [0, 0.1) is 5.92 Å². The molecule has 0 aliphatic carbocycles. The van der Waals surface area contributed by atoms with Gasteiger partial charge in [-0.15, -0.1) is 0 Å². The minimum atomic E-state index is 0.671. The van der Waals surface area contributed by atoms with E-state index in [2.05, 4.69) is 35.9 Å². The van der Waals surface area contributed by atoms with Gasteiger partial charge in [-0.25, -0.2) is 0 Å². The Labute approximate surface area is 47.4 Å². The molecule has 0 aromatic rings. The third kappa shape index (κ3) is 4.22. The predicted octanol–water partition coefficient (Wildman–Crippen LogP) is 2.55. The van der Waals surface area contributed by atoms with Crippen LogP contribution in [0.25, 0.3) is 0 Å². The van der Waals surface area contributed by atoms with E-state index >= 15 is 0 Å². The minimum Gasteiger partial charge on any atom is -0.0750 e. The lowest BCUT2D eigenvalue weighted by molar-refractivity contribution is 0.834. The van der Waals surface area contributed by atoms with Gasteiger partial charge < -0.3 is 0 Å². The molecule has 0 aliphatic rings. The average Bonchev–Trinajstić information content (AvgIpc) is 1.35. The molecule has 0 bridgehead atoms. The van der Waals surface area contributed by atoms with Crippen molar-refractivity contribution in [3.05, 3.63) is 11.1 Å². The van der Waals surface area contributed by atoms with Crippen LogP contribution in [-0.2, 0) is 0 Å². The summed E-state index contributed by atoms with van der Waals surface area (Å²) < 4.78 is 0. The molecule has 36 valence electrons. The first-order valence-corrected chi connectivity index (χ1v) is 2.96. The molecule has 0 nitrogen and oxygen atoms in total. The predicted molar refractivity (Wildman–Crippen MR) is 32.9 cm³/mol. The van der Waals surface area contributed by atoms with Crippen LogP contribution in [-0.4, -0.2) is 0 Å². The van der Waals surface area contributed by atoms with Crippen molar-refractivity contribution < 1.29 is 0 Å². The van der Waals surface area contributed by atoms with Gasteiger partial charge in [0.25, 0.3) is 0 Å². The van der Waals surface area contributed by atoms with Crippen LogP contribution < -0.4 is 0 Å². The van der Waals surface area contributed by atoms with Crippen LogP contribution >= 0.6 is 15.9 Å². The smallest absolute Gasteiger partial charge is 0.0226 e. The monoisotopic (exact) mass is 148 g/mol. The Morgan fingerprint density at radius 2 is 2.00 bits per heavy atom. The molecular weight excluding hydrogens is 140 g/mol. The maximum absolute atomic E-state index is 3.17. The summed E-state index contributed by atoms with van der Waals surface area (Å²) in [6.07, 6.45) is 2.08. The zero-order valence-electron chi connectivity index (χ0n) is 4.11. The fraction of sp³-hybridized carbons (Fsp3) is 0.600. The van der Waals surface area contributed by atoms with E-state index in [0.29, 0.717) is 5.92 Å². The lowest BCUT2D eigenvalue weighted by atomic mass is 10.2. The second kappa shape index (κ2) is 3.41. The first-order valence-electron chi connectivity index (χ1n) is 2.04. The van der Waals surface area contributed by atoms with Crippen molar-refractivity contribution in [2.75, 3.05) is 0 Å². The van der Waals surface area contributed by atoms with E-state index in [9.17, 15) is 0 Å². The Balaban J connectivity index is 3.03. The SMILES string of the molecule is CC(C)/C=C/Br. The molecule has 0 aliphatic heterocycles. The molecule has 0 spiro atoms. The second-order valence-electron chi connectivity index (χ2n) is 1.56. The number of rotatable bonds is 1. The van der Waals surface area contributed by atoms with Gasteiger partial charge in [0.1, 0.15) is 0 Å². The van der Waals surface area contributed by atoms with E-state index in [0.717, 1.165) is 0 Å². The first-order chi connectivity index (χ1) is 2.77. The minimum absolute atomic E-state index is 0.671. The highest BCUT2D eigenvalue weighted by atomic mass is 79.9. The van der Waals surface area contributed by atoms with Gasteiger partial charge in [0.15, 0.2) is 0 Å². The zero-order valence-corrected chi connectivity index (χ0v) is 5.70.